The Morgan fingerprint density at radius 3 is 2.48 bits per heavy atom. The standard InChI is InChI=1S/C14H21N3O6.C2H6/c1-8(12(18)19)16-11(21-5)9-7-22-10(17-9)6-15-13(20)23-14(2,3)4;1-2/h7-8H,6H2,1-5H3,(H,15,20)(H,18,19);1-2H3/t8-;/m1./s1. The van der Waals surface area contributed by atoms with Crippen LogP contribution in [-0.4, -0.2) is 46.8 Å². The van der Waals surface area contributed by atoms with Gasteiger partial charge in [0.25, 0.3) is 0 Å². The lowest BCUT2D eigenvalue weighted by molar-refractivity contribution is -0.138. The van der Waals surface area contributed by atoms with Crippen LogP contribution in [0.5, 0.6) is 0 Å². The zero-order chi connectivity index (χ0) is 19.6. The van der Waals surface area contributed by atoms with Crippen molar-refractivity contribution in [2.45, 2.75) is 59.7 Å². The summed E-state index contributed by atoms with van der Waals surface area (Å²) < 4.78 is 15.3. The molecule has 0 bridgehead atoms. The number of oxazole rings is 1. The van der Waals surface area contributed by atoms with E-state index in [-0.39, 0.29) is 24.0 Å². The van der Waals surface area contributed by atoms with Crippen LogP contribution in [0.1, 0.15) is 53.1 Å². The SMILES string of the molecule is CC.COC(=N[C@H](C)C(=O)O)c1coc(CNC(=O)OC(C)(C)C)n1. The van der Waals surface area contributed by atoms with Crippen LogP contribution in [0.25, 0.3) is 0 Å². The molecule has 9 heteroatoms. The first-order valence-corrected chi connectivity index (χ1v) is 7.88. The van der Waals surface area contributed by atoms with E-state index in [4.69, 9.17) is 19.0 Å². The molecule has 142 valence electrons. The van der Waals surface area contributed by atoms with E-state index in [9.17, 15) is 9.59 Å². The van der Waals surface area contributed by atoms with Crippen molar-refractivity contribution in [3.63, 3.8) is 0 Å². The fourth-order valence-electron chi connectivity index (χ4n) is 1.41. The van der Waals surface area contributed by atoms with Gasteiger partial charge in [-0.1, -0.05) is 13.8 Å². The number of aliphatic carboxylic acids is 1. The molecule has 0 aliphatic rings. The number of carbonyl (C=O) groups excluding carboxylic acids is 1. The highest BCUT2D eigenvalue weighted by atomic mass is 16.6. The van der Waals surface area contributed by atoms with E-state index in [1.807, 2.05) is 13.8 Å². The van der Waals surface area contributed by atoms with Gasteiger partial charge in [0.15, 0.2) is 5.69 Å². The van der Waals surface area contributed by atoms with E-state index in [1.165, 1.54) is 20.3 Å². The lowest BCUT2D eigenvalue weighted by Gasteiger charge is -2.19. The van der Waals surface area contributed by atoms with E-state index in [0.29, 0.717) is 0 Å². The number of carboxylic acid groups (broad SMARTS) is 1. The Morgan fingerprint density at radius 2 is 2.00 bits per heavy atom. The first-order valence-electron chi connectivity index (χ1n) is 7.88. The Morgan fingerprint density at radius 1 is 1.40 bits per heavy atom. The van der Waals surface area contributed by atoms with Crippen molar-refractivity contribution in [1.82, 2.24) is 10.3 Å². The van der Waals surface area contributed by atoms with E-state index in [2.05, 4.69) is 15.3 Å². The predicted molar refractivity (Wildman–Crippen MR) is 91.6 cm³/mol. The Labute approximate surface area is 147 Å². The Balaban J connectivity index is 0.00000277. The molecule has 1 aromatic heterocycles. The van der Waals surface area contributed by atoms with Gasteiger partial charge in [-0.05, 0) is 27.7 Å². The van der Waals surface area contributed by atoms with E-state index < -0.39 is 23.7 Å². The number of alkyl carbamates (subject to hydrolysis) is 1. The zero-order valence-electron chi connectivity index (χ0n) is 15.7. The Bertz CT molecular complexity index is 589. The van der Waals surface area contributed by atoms with Crippen molar-refractivity contribution >= 4 is 18.0 Å². The van der Waals surface area contributed by atoms with Gasteiger partial charge in [0.1, 0.15) is 17.9 Å². The lowest BCUT2D eigenvalue weighted by Crippen LogP contribution is -2.32. The Kier molecular flexibility index (Phi) is 9.25. The third kappa shape index (κ3) is 8.73. The maximum absolute atomic E-state index is 11.5. The molecule has 0 saturated carbocycles. The molecular weight excluding hydrogens is 330 g/mol. The number of amides is 1. The van der Waals surface area contributed by atoms with Crippen molar-refractivity contribution in [3.05, 3.63) is 17.8 Å². The smallest absolute Gasteiger partial charge is 0.408 e. The van der Waals surface area contributed by atoms with Crippen LogP contribution in [0.4, 0.5) is 4.79 Å². The van der Waals surface area contributed by atoms with Crippen LogP contribution < -0.4 is 5.32 Å². The van der Waals surface area contributed by atoms with Crippen LogP contribution in [0.15, 0.2) is 15.7 Å². The van der Waals surface area contributed by atoms with E-state index in [1.54, 1.807) is 20.8 Å². The van der Waals surface area contributed by atoms with Gasteiger partial charge in [0.2, 0.25) is 11.8 Å². The molecule has 0 aliphatic heterocycles. The Hall–Kier alpha value is -2.58. The van der Waals surface area contributed by atoms with Gasteiger partial charge in [-0.15, -0.1) is 0 Å². The molecule has 2 N–H and O–H groups in total. The first-order chi connectivity index (χ1) is 11.6. The van der Waals surface area contributed by atoms with Crippen molar-refractivity contribution in [2.75, 3.05) is 7.11 Å². The second-order valence-corrected chi connectivity index (χ2v) is 5.63. The highest BCUT2D eigenvalue weighted by Crippen LogP contribution is 2.08. The van der Waals surface area contributed by atoms with Crippen LogP contribution in [0.3, 0.4) is 0 Å². The molecule has 0 aromatic carbocycles. The maximum Gasteiger partial charge on any atom is 0.408 e. The van der Waals surface area contributed by atoms with Crippen LogP contribution >= 0.6 is 0 Å². The molecule has 0 spiro atoms. The number of rotatable bonds is 5. The van der Waals surface area contributed by atoms with Gasteiger partial charge in [0, 0.05) is 0 Å². The predicted octanol–water partition coefficient (Wildman–Crippen LogP) is 2.59. The highest BCUT2D eigenvalue weighted by Gasteiger charge is 2.18. The maximum atomic E-state index is 11.5. The fraction of sp³-hybridized carbons (Fsp3) is 0.625. The van der Waals surface area contributed by atoms with Crippen LogP contribution in [0, 0.1) is 0 Å². The number of aliphatic imine (C=N–C) groups is 1. The normalized spacial score (nSPS) is 12.5. The summed E-state index contributed by atoms with van der Waals surface area (Å²) in [5, 5.41) is 11.3. The molecule has 1 amide bonds. The number of carbonyl (C=O) groups is 2. The molecule has 0 saturated heterocycles. The molecule has 0 radical (unpaired) electrons. The summed E-state index contributed by atoms with van der Waals surface area (Å²) in [6.07, 6.45) is 0.667. The number of hydrogen-bond acceptors (Lipinski definition) is 7. The van der Waals surface area contributed by atoms with Crippen molar-refractivity contribution < 1.29 is 28.6 Å². The van der Waals surface area contributed by atoms with E-state index in [0.717, 1.165) is 0 Å². The van der Waals surface area contributed by atoms with Gasteiger partial charge in [0.05, 0.1) is 13.7 Å². The molecule has 1 heterocycles. The molecule has 25 heavy (non-hydrogen) atoms. The molecular formula is C16H27N3O6. The summed E-state index contributed by atoms with van der Waals surface area (Å²) in [6, 6.07) is -0.981. The van der Waals surface area contributed by atoms with Gasteiger partial charge in [-0.2, -0.15) is 0 Å². The molecule has 1 aromatic rings. The monoisotopic (exact) mass is 357 g/mol. The van der Waals surface area contributed by atoms with Gasteiger partial charge in [-0.3, -0.25) is 0 Å². The average Bonchev–Trinajstić information content (AvgIpc) is 2.99. The first kappa shape index (κ1) is 22.4. The average molecular weight is 357 g/mol. The molecule has 9 nitrogen and oxygen atoms in total. The minimum absolute atomic E-state index is 0.0143. The van der Waals surface area contributed by atoms with Gasteiger partial charge < -0.3 is 24.3 Å². The molecule has 1 atom stereocenters. The molecule has 0 unspecified atom stereocenters. The number of methoxy groups -OCH3 is 1. The minimum Gasteiger partial charge on any atom is -0.480 e. The summed E-state index contributed by atoms with van der Waals surface area (Å²) >= 11 is 0. The third-order valence-electron chi connectivity index (χ3n) is 2.42. The largest absolute Gasteiger partial charge is 0.480 e. The summed E-state index contributed by atoms with van der Waals surface area (Å²) in [6.45, 7) is 10.7. The van der Waals surface area contributed by atoms with Crippen molar-refractivity contribution in [2.24, 2.45) is 4.99 Å². The number of hydrogen-bond donors (Lipinski definition) is 2. The third-order valence-corrected chi connectivity index (χ3v) is 2.42. The fourth-order valence-corrected chi connectivity index (χ4v) is 1.41. The lowest BCUT2D eigenvalue weighted by atomic mass is 10.2. The summed E-state index contributed by atoms with van der Waals surface area (Å²) in [4.78, 5) is 30.3. The number of carboxylic acids is 1. The van der Waals surface area contributed by atoms with Crippen molar-refractivity contribution in [3.8, 4) is 0 Å². The van der Waals surface area contributed by atoms with Crippen LogP contribution in [-0.2, 0) is 20.8 Å². The number of nitrogens with zero attached hydrogens (tertiary/aromatic N) is 2. The minimum atomic E-state index is -1.09. The highest BCUT2D eigenvalue weighted by molar-refractivity contribution is 5.93. The summed E-state index contributed by atoms with van der Waals surface area (Å²) in [5.41, 5.74) is -0.365. The summed E-state index contributed by atoms with van der Waals surface area (Å²) in [5.74, 6) is -0.847. The summed E-state index contributed by atoms with van der Waals surface area (Å²) in [7, 11) is 1.35. The number of aromatic nitrogens is 1. The quantitative estimate of drug-likeness (QED) is 0.613. The second kappa shape index (κ2) is 10.3. The van der Waals surface area contributed by atoms with Gasteiger partial charge >= 0.3 is 12.1 Å². The number of ether oxygens (including phenoxy) is 2. The van der Waals surface area contributed by atoms with Crippen LogP contribution in [0.2, 0.25) is 0 Å². The molecule has 0 aliphatic carbocycles. The van der Waals surface area contributed by atoms with Gasteiger partial charge in [-0.25, -0.2) is 19.6 Å². The van der Waals surface area contributed by atoms with E-state index >= 15 is 0 Å². The number of nitrogens with one attached hydrogen (secondary N) is 1. The second-order valence-electron chi connectivity index (χ2n) is 5.63. The molecule has 0 fully saturated rings. The molecule has 1 rings (SSSR count). The van der Waals surface area contributed by atoms with Crippen molar-refractivity contribution in [1.29, 1.82) is 0 Å². The topological polar surface area (TPSA) is 123 Å². The zero-order valence-corrected chi connectivity index (χ0v) is 15.7.